The van der Waals surface area contributed by atoms with E-state index in [9.17, 15) is 4.79 Å². The summed E-state index contributed by atoms with van der Waals surface area (Å²) in [6.07, 6.45) is 3.37. The molecule has 0 saturated heterocycles. The molecule has 22 heavy (non-hydrogen) atoms. The van der Waals surface area contributed by atoms with Crippen molar-refractivity contribution in [2.24, 2.45) is 5.92 Å². The first-order valence-electron chi connectivity index (χ1n) is 7.97. The fourth-order valence-corrected chi connectivity index (χ4v) is 3.00. The summed E-state index contributed by atoms with van der Waals surface area (Å²) in [5.41, 5.74) is 4.08. The predicted octanol–water partition coefficient (Wildman–Crippen LogP) is 3.06. The molecule has 1 heterocycles. The fraction of sp³-hybridized carbons (Fsp3) is 0.471. The first kappa shape index (κ1) is 14.8. The lowest BCUT2D eigenvalue weighted by Gasteiger charge is -2.21. The SMILES string of the molecule is CCC(C)c1ccccc1NC(=O)C1CCc2n[nH]nc2C1. The summed E-state index contributed by atoms with van der Waals surface area (Å²) in [5.74, 6) is 0.497. The van der Waals surface area contributed by atoms with Crippen LogP contribution in [0.4, 0.5) is 5.69 Å². The molecule has 0 aliphatic heterocycles. The zero-order valence-electron chi connectivity index (χ0n) is 13.1. The van der Waals surface area contributed by atoms with E-state index in [0.717, 1.165) is 36.3 Å². The summed E-state index contributed by atoms with van der Waals surface area (Å²) in [7, 11) is 0. The summed E-state index contributed by atoms with van der Waals surface area (Å²) in [6.45, 7) is 4.35. The molecule has 5 heteroatoms. The van der Waals surface area contributed by atoms with Crippen LogP contribution < -0.4 is 5.32 Å². The number of anilines is 1. The Morgan fingerprint density at radius 1 is 1.36 bits per heavy atom. The van der Waals surface area contributed by atoms with Crippen molar-refractivity contribution in [1.29, 1.82) is 0 Å². The number of carbonyl (C=O) groups is 1. The van der Waals surface area contributed by atoms with Crippen LogP contribution in [0.5, 0.6) is 0 Å². The number of aryl methyl sites for hydroxylation is 1. The second-order valence-corrected chi connectivity index (χ2v) is 6.04. The highest BCUT2D eigenvalue weighted by Gasteiger charge is 2.27. The third-order valence-corrected chi connectivity index (χ3v) is 4.61. The molecule has 0 radical (unpaired) electrons. The van der Waals surface area contributed by atoms with Gasteiger partial charge in [-0.1, -0.05) is 32.0 Å². The van der Waals surface area contributed by atoms with Gasteiger partial charge in [0.05, 0.1) is 11.4 Å². The average molecular weight is 298 g/mol. The highest BCUT2D eigenvalue weighted by molar-refractivity contribution is 5.93. The van der Waals surface area contributed by atoms with Gasteiger partial charge >= 0.3 is 0 Å². The number of aromatic amines is 1. The van der Waals surface area contributed by atoms with Gasteiger partial charge in [-0.2, -0.15) is 15.4 Å². The number of benzene rings is 1. The smallest absolute Gasteiger partial charge is 0.227 e. The molecule has 0 spiro atoms. The fourth-order valence-electron chi connectivity index (χ4n) is 3.00. The number of carbonyl (C=O) groups excluding carboxylic acids is 1. The molecule has 3 rings (SSSR count). The van der Waals surface area contributed by atoms with Crippen LogP contribution in [0.3, 0.4) is 0 Å². The number of H-pyrrole nitrogens is 1. The van der Waals surface area contributed by atoms with Crippen LogP contribution in [0, 0.1) is 5.92 Å². The van der Waals surface area contributed by atoms with E-state index in [2.05, 4.69) is 40.6 Å². The van der Waals surface area contributed by atoms with E-state index in [1.807, 2.05) is 18.2 Å². The molecule has 2 atom stereocenters. The Hall–Kier alpha value is -2.17. The zero-order valence-corrected chi connectivity index (χ0v) is 13.1. The van der Waals surface area contributed by atoms with Crippen molar-refractivity contribution in [1.82, 2.24) is 15.4 Å². The second kappa shape index (κ2) is 6.30. The van der Waals surface area contributed by atoms with Crippen molar-refractivity contribution in [3.8, 4) is 0 Å². The molecule has 1 aliphatic rings. The van der Waals surface area contributed by atoms with Gasteiger partial charge in [-0.15, -0.1) is 0 Å². The Balaban J connectivity index is 1.73. The number of nitrogens with zero attached hydrogens (tertiary/aromatic N) is 2. The van der Waals surface area contributed by atoms with Gasteiger partial charge in [0.25, 0.3) is 0 Å². The minimum absolute atomic E-state index is 0.0254. The molecule has 1 aliphatic carbocycles. The molecule has 2 aromatic rings. The number of rotatable bonds is 4. The number of nitrogens with one attached hydrogen (secondary N) is 2. The highest BCUT2D eigenvalue weighted by Crippen LogP contribution is 2.28. The van der Waals surface area contributed by atoms with Gasteiger partial charge < -0.3 is 5.32 Å². The maximum Gasteiger partial charge on any atom is 0.227 e. The standard InChI is InChI=1S/C17H22N4O/c1-3-11(2)13-6-4-5-7-14(13)18-17(22)12-8-9-15-16(10-12)20-21-19-15/h4-7,11-12H,3,8-10H2,1-2H3,(H,18,22)(H,19,20,21). The highest BCUT2D eigenvalue weighted by atomic mass is 16.1. The van der Waals surface area contributed by atoms with E-state index in [-0.39, 0.29) is 11.8 Å². The largest absolute Gasteiger partial charge is 0.326 e. The van der Waals surface area contributed by atoms with Crippen LogP contribution in [-0.4, -0.2) is 21.3 Å². The Morgan fingerprint density at radius 3 is 2.95 bits per heavy atom. The Morgan fingerprint density at radius 2 is 2.14 bits per heavy atom. The summed E-state index contributed by atoms with van der Waals surface area (Å²) in [5, 5.41) is 14.0. The van der Waals surface area contributed by atoms with Gasteiger partial charge in [0, 0.05) is 18.0 Å². The van der Waals surface area contributed by atoms with Crippen LogP contribution in [-0.2, 0) is 17.6 Å². The lowest BCUT2D eigenvalue weighted by Crippen LogP contribution is -2.28. The first-order valence-corrected chi connectivity index (χ1v) is 7.97. The molecule has 0 saturated carbocycles. The molecule has 0 bridgehead atoms. The monoisotopic (exact) mass is 298 g/mol. The molecule has 5 nitrogen and oxygen atoms in total. The topological polar surface area (TPSA) is 70.7 Å². The van der Waals surface area contributed by atoms with Crippen LogP contribution in [0.25, 0.3) is 0 Å². The summed E-state index contributed by atoms with van der Waals surface area (Å²) in [4.78, 5) is 12.6. The summed E-state index contributed by atoms with van der Waals surface area (Å²) >= 11 is 0. The van der Waals surface area contributed by atoms with Crippen molar-refractivity contribution < 1.29 is 4.79 Å². The maximum absolute atomic E-state index is 12.6. The van der Waals surface area contributed by atoms with E-state index in [0.29, 0.717) is 12.3 Å². The van der Waals surface area contributed by atoms with Crippen LogP contribution >= 0.6 is 0 Å². The average Bonchev–Trinajstić information content (AvgIpc) is 3.02. The number of amides is 1. The van der Waals surface area contributed by atoms with Crippen molar-refractivity contribution in [3.05, 3.63) is 41.2 Å². The molecule has 2 N–H and O–H groups in total. The van der Waals surface area contributed by atoms with Gasteiger partial charge in [-0.25, -0.2) is 0 Å². The first-order chi connectivity index (χ1) is 10.7. The minimum Gasteiger partial charge on any atom is -0.326 e. The van der Waals surface area contributed by atoms with Gasteiger partial charge in [-0.3, -0.25) is 4.79 Å². The number of aromatic nitrogens is 3. The van der Waals surface area contributed by atoms with Gasteiger partial charge in [0.2, 0.25) is 5.91 Å². The van der Waals surface area contributed by atoms with Crippen molar-refractivity contribution in [2.75, 3.05) is 5.32 Å². The molecular weight excluding hydrogens is 276 g/mol. The normalized spacial score (nSPS) is 18.5. The summed E-state index contributed by atoms with van der Waals surface area (Å²) in [6, 6.07) is 8.08. The van der Waals surface area contributed by atoms with E-state index >= 15 is 0 Å². The van der Waals surface area contributed by atoms with E-state index in [4.69, 9.17) is 0 Å². The van der Waals surface area contributed by atoms with E-state index in [1.54, 1.807) is 0 Å². The molecule has 2 unspecified atom stereocenters. The molecule has 0 fully saturated rings. The van der Waals surface area contributed by atoms with Gasteiger partial charge in [0.15, 0.2) is 0 Å². The van der Waals surface area contributed by atoms with E-state index in [1.165, 1.54) is 5.56 Å². The zero-order chi connectivity index (χ0) is 15.5. The lowest BCUT2D eigenvalue weighted by atomic mass is 9.89. The minimum atomic E-state index is -0.0254. The molecule has 116 valence electrons. The quantitative estimate of drug-likeness (QED) is 0.911. The number of para-hydroxylation sites is 1. The van der Waals surface area contributed by atoms with E-state index < -0.39 is 0 Å². The number of fused-ring (bicyclic) bond motifs is 1. The Bertz CT molecular complexity index is 664. The number of hydrogen-bond acceptors (Lipinski definition) is 3. The van der Waals surface area contributed by atoms with Crippen molar-refractivity contribution in [2.45, 2.75) is 45.4 Å². The number of hydrogen-bond donors (Lipinski definition) is 2. The third-order valence-electron chi connectivity index (χ3n) is 4.61. The summed E-state index contributed by atoms with van der Waals surface area (Å²) < 4.78 is 0. The van der Waals surface area contributed by atoms with Crippen LogP contribution in [0.2, 0.25) is 0 Å². The molecular formula is C17H22N4O. The van der Waals surface area contributed by atoms with Gasteiger partial charge in [-0.05, 0) is 36.8 Å². The Labute approximate surface area is 130 Å². The molecule has 1 aromatic carbocycles. The maximum atomic E-state index is 12.6. The third kappa shape index (κ3) is 2.89. The molecule has 1 amide bonds. The molecule has 1 aromatic heterocycles. The predicted molar refractivity (Wildman–Crippen MR) is 85.7 cm³/mol. The van der Waals surface area contributed by atoms with Crippen LogP contribution in [0.15, 0.2) is 24.3 Å². The van der Waals surface area contributed by atoms with Gasteiger partial charge in [0.1, 0.15) is 0 Å². The Kier molecular flexibility index (Phi) is 4.22. The van der Waals surface area contributed by atoms with Crippen molar-refractivity contribution >= 4 is 11.6 Å². The second-order valence-electron chi connectivity index (χ2n) is 6.04. The lowest BCUT2D eigenvalue weighted by molar-refractivity contribution is -0.120. The van der Waals surface area contributed by atoms with Crippen molar-refractivity contribution in [3.63, 3.8) is 0 Å². The van der Waals surface area contributed by atoms with Crippen LogP contribution in [0.1, 0.15) is 49.6 Å².